The number of hydrogen-bond acceptors (Lipinski definition) is 6. The lowest BCUT2D eigenvalue weighted by molar-refractivity contribution is 0.159. The van der Waals surface area contributed by atoms with Gasteiger partial charge in [-0.3, -0.25) is 4.90 Å². The lowest BCUT2D eigenvalue weighted by Crippen LogP contribution is -2.49. The van der Waals surface area contributed by atoms with E-state index in [2.05, 4.69) is 26.0 Å². The molecule has 0 spiro atoms. The maximum absolute atomic E-state index is 12.8. The predicted molar refractivity (Wildman–Crippen MR) is 101 cm³/mol. The summed E-state index contributed by atoms with van der Waals surface area (Å²) in [6, 6.07) is 7.72. The molecule has 26 heavy (non-hydrogen) atoms. The van der Waals surface area contributed by atoms with Gasteiger partial charge in [0.05, 0.1) is 0 Å². The second-order valence-corrected chi connectivity index (χ2v) is 9.00. The highest BCUT2D eigenvalue weighted by Gasteiger charge is 2.33. The van der Waals surface area contributed by atoms with Gasteiger partial charge >= 0.3 is 0 Å². The number of benzene rings is 1. The second kappa shape index (κ2) is 8.08. The molecule has 0 N–H and O–H groups in total. The van der Waals surface area contributed by atoms with Crippen molar-refractivity contribution >= 4 is 26.0 Å². The maximum Gasteiger partial charge on any atom is 0.248 e. The Balaban J connectivity index is 1.51. The van der Waals surface area contributed by atoms with E-state index in [0.29, 0.717) is 44.2 Å². The number of sulfonamides is 1. The summed E-state index contributed by atoms with van der Waals surface area (Å²) >= 11 is 3.42. The van der Waals surface area contributed by atoms with Gasteiger partial charge in [0.2, 0.25) is 10.0 Å². The van der Waals surface area contributed by atoms with Gasteiger partial charge in [-0.2, -0.15) is 4.31 Å². The third-order valence-electron chi connectivity index (χ3n) is 4.37. The molecule has 9 heteroatoms. The molecule has 142 valence electrons. The average molecular weight is 444 g/mol. The van der Waals surface area contributed by atoms with Gasteiger partial charge in [0.15, 0.2) is 5.76 Å². The second-order valence-electron chi connectivity index (χ2n) is 6.20. The Morgan fingerprint density at radius 1 is 1.23 bits per heavy atom. The molecule has 2 aromatic rings. The Kier molecular flexibility index (Phi) is 6.01. The molecule has 0 aliphatic carbocycles. The van der Waals surface area contributed by atoms with Crippen LogP contribution in [0.25, 0.3) is 0 Å². The molecule has 1 saturated heterocycles. The third-order valence-corrected chi connectivity index (χ3v) is 7.01. The van der Waals surface area contributed by atoms with Crippen molar-refractivity contribution in [3.05, 3.63) is 40.2 Å². The predicted octanol–water partition coefficient (Wildman–Crippen LogP) is 2.44. The molecule has 3 rings (SSSR count). The minimum Gasteiger partial charge on any atom is -0.492 e. The van der Waals surface area contributed by atoms with Crippen LogP contribution in [-0.2, 0) is 10.0 Å². The first-order valence-electron chi connectivity index (χ1n) is 8.41. The van der Waals surface area contributed by atoms with Crippen LogP contribution in [0.3, 0.4) is 0 Å². The van der Waals surface area contributed by atoms with Crippen LogP contribution in [0.5, 0.6) is 5.75 Å². The lowest BCUT2D eigenvalue weighted by Gasteiger charge is -2.33. The van der Waals surface area contributed by atoms with Gasteiger partial charge in [0, 0.05) is 37.2 Å². The van der Waals surface area contributed by atoms with E-state index in [9.17, 15) is 8.42 Å². The minimum absolute atomic E-state index is 0.198. The summed E-state index contributed by atoms with van der Waals surface area (Å²) in [7, 11) is -3.56. The van der Waals surface area contributed by atoms with Crippen molar-refractivity contribution in [2.24, 2.45) is 0 Å². The summed E-state index contributed by atoms with van der Waals surface area (Å²) in [5.74, 6) is 1.16. The highest BCUT2D eigenvalue weighted by molar-refractivity contribution is 9.10. The quantitative estimate of drug-likeness (QED) is 0.682. The Labute approximate surface area is 162 Å². The first-order chi connectivity index (χ1) is 12.4. The van der Waals surface area contributed by atoms with Crippen LogP contribution in [0.15, 0.2) is 38.2 Å². The molecule has 0 unspecified atom stereocenters. The van der Waals surface area contributed by atoms with Crippen molar-refractivity contribution < 1.29 is 17.7 Å². The summed E-state index contributed by atoms with van der Waals surface area (Å²) in [5.41, 5.74) is 0.410. The van der Waals surface area contributed by atoms with Gasteiger partial charge in [-0.25, -0.2) is 8.42 Å². The van der Waals surface area contributed by atoms with E-state index in [4.69, 9.17) is 9.26 Å². The Morgan fingerprint density at radius 2 is 1.96 bits per heavy atom. The molecule has 1 fully saturated rings. The molecule has 1 aliphatic heterocycles. The van der Waals surface area contributed by atoms with Crippen LogP contribution < -0.4 is 4.74 Å². The summed E-state index contributed by atoms with van der Waals surface area (Å²) in [6.45, 7) is 6.83. The molecule has 0 atom stereocenters. The lowest BCUT2D eigenvalue weighted by atomic mass is 10.3. The maximum atomic E-state index is 12.8. The fraction of sp³-hybridized carbons (Fsp3) is 0.471. The van der Waals surface area contributed by atoms with Crippen LogP contribution in [0.1, 0.15) is 11.5 Å². The molecule has 1 aromatic heterocycles. The van der Waals surface area contributed by atoms with Crippen molar-refractivity contribution in [1.82, 2.24) is 14.4 Å². The van der Waals surface area contributed by atoms with Crippen LogP contribution in [0, 0.1) is 13.8 Å². The van der Waals surface area contributed by atoms with Crippen LogP contribution in [-0.4, -0.2) is 62.1 Å². The SMILES string of the molecule is Cc1noc(C)c1S(=O)(=O)N1CCN(CCOc2cccc(Br)c2)CC1. The first kappa shape index (κ1) is 19.3. The van der Waals surface area contributed by atoms with Crippen molar-refractivity contribution in [1.29, 1.82) is 0 Å². The van der Waals surface area contributed by atoms with Gasteiger partial charge in [0.25, 0.3) is 0 Å². The average Bonchev–Trinajstić information content (AvgIpc) is 2.95. The molecule has 1 aliphatic rings. The Hall–Kier alpha value is -1.42. The van der Waals surface area contributed by atoms with Crippen molar-refractivity contribution in [2.45, 2.75) is 18.7 Å². The van der Waals surface area contributed by atoms with Crippen molar-refractivity contribution in [3.8, 4) is 5.75 Å². The van der Waals surface area contributed by atoms with E-state index >= 15 is 0 Å². The molecule has 0 saturated carbocycles. The van der Waals surface area contributed by atoms with Gasteiger partial charge in [-0.05, 0) is 32.0 Å². The number of ether oxygens (including phenoxy) is 1. The van der Waals surface area contributed by atoms with E-state index in [1.54, 1.807) is 13.8 Å². The monoisotopic (exact) mass is 443 g/mol. The third kappa shape index (κ3) is 4.28. The van der Waals surface area contributed by atoms with Crippen LogP contribution in [0.4, 0.5) is 0 Å². The smallest absolute Gasteiger partial charge is 0.248 e. The molecule has 1 aromatic carbocycles. The number of nitrogens with zero attached hydrogens (tertiary/aromatic N) is 3. The Bertz CT molecular complexity index is 841. The molecular formula is C17H22BrN3O4S. The number of aromatic nitrogens is 1. The van der Waals surface area contributed by atoms with Gasteiger partial charge in [-0.15, -0.1) is 0 Å². The number of piperazine rings is 1. The molecule has 0 amide bonds. The summed E-state index contributed by atoms with van der Waals surface area (Å²) in [5, 5.41) is 3.76. The topological polar surface area (TPSA) is 75.9 Å². The van der Waals surface area contributed by atoms with E-state index in [1.807, 2.05) is 24.3 Å². The molecule has 0 radical (unpaired) electrons. The number of halogens is 1. The number of rotatable bonds is 6. The zero-order chi connectivity index (χ0) is 18.7. The van der Waals surface area contributed by atoms with Gasteiger partial charge in [0.1, 0.15) is 22.9 Å². The van der Waals surface area contributed by atoms with E-state index < -0.39 is 10.0 Å². The van der Waals surface area contributed by atoms with E-state index in [1.165, 1.54) is 4.31 Å². The largest absolute Gasteiger partial charge is 0.492 e. The van der Waals surface area contributed by atoms with E-state index in [-0.39, 0.29) is 4.90 Å². The molecular weight excluding hydrogens is 422 g/mol. The van der Waals surface area contributed by atoms with Crippen LogP contribution >= 0.6 is 15.9 Å². The summed E-state index contributed by atoms with van der Waals surface area (Å²) < 4.78 is 38.9. The molecule has 0 bridgehead atoms. The standard InChI is InChI=1S/C17H22BrN3O4S/c1-13-17(14(2)25-19-13)26(22,23)21-8-6-20(7-9-21)10-11-24-16-5-3-4-15(18)12-16/h3-5,12H,6-11H2,1-2H3. The first-order valence-corrected chi connectivity index (χ1v) is 10.6. The highest BCUT2D eigenvalue weighted by atomic mass is 79.9. The zero-order valence-corrected chi connectivity index (χ0v) is 17.2. The molecule has 2 heterocycles. The number of aryl methyl sites for hydroxylation is 2. The minimum atomic E-state index is -3.56. The van der Waals surface area contributed by atoms with Gasteiger partial charge < -0.3 is 9.26 Å². The zero-order valence-electron chi connectivity index (χ0n) is 14.8. The number of hydrogen-bond donors (Lipinski definition) is 0. The normalized spacial score (nSPS) is 16.7. The highest BCUT2D eigenvalue weighted by Crippen LogP contribution is 2.24. The molecule has 7 nitrogen and oxygen atoms in total. The van der Waals surface area contributed by atoms with Crippen molar-refractivity contribution in [2.75, 3.05) is 39.3 Å². The summed E-state index contributed by atoms with van der Waals surface area (Å²) in [4.78, 5) is 2.40. The summed E-state index contributed by atoms with van der Waals surface area (Å²) in [6.07, 6.45) is 0. The van der Waals surface area contributed by atoms with Crippen molar-refractivity contribution in [3.63, 3.8) is 0 Å². The van der Waals surface area contributed by atoms with Crippen LogP contribution in [0.2, 0.25) is 0 Å². The van der Waals surface area contributed by atoms with E-state index in [0.717, 1.165) is 16.8 Å². The fourth-order valence-corrected chi connectivity index (χ4v) is 5.11. The fourth-order valence-electron chi connectivity index (χ4n) is 3.01. The van der Waals surface area contributed by atoms with Gasteiger partial charge in [-0.1, -0.05) is 27.2 Å². The Morgan fingerprint density at radius 3 is 2.58 bits per heavy atom.